The smallest absolute Gasteiger partial charge is 0.0492 e. The van der Waals surface area contributed by atoms with E-state index >= 15 is 0 Å². The summed E-state index contributed by atoms with van der Waals surface area (Å²) in [6.45, 7) is 5.41. The average molecular weight is 244 g/mol. The van der Waals surface area contributed by atoms with E-state index in [-0.39, 0.29) is 0 Å². The molecule has 0 aliphatic rings. The van der Waals surface area contributed by atoms with Crippen LogP contribution in [0.1, 0.15) is 26.0 Å². The van der Waals surface area contributed by atoms with E-state index in [1.165, 1.54) is 5.69 Å². The lowest BCUT2D eigenvalue weighted by Gasteiger charge is -2.17. The van der Waals surface area contributed by atoms with Crippen LogP contribution in [0.5, 0.6) is 0 Å². The van der Waals surface area contributed by atoms with E-state index in [2.05, 4.69) is 30.3 Å². The third kappa shape index (κ3) is 4.54. The fourth-order valence-electron chi connectivity index (χ4n) is 1.82. The van der Waals surface area contributed by atoms with Crippen molar-refractivity contribution in [2.24, 2.45) is 13.0 Å². The summed E-state index contributed by atoms with van der Waals surface area (Å²) in [6.07, 6.45) is 3.97. The molecule has 0 bridgehead atoms. The number of aryl methyl sites for hydroxylation is 1. The summed E-state index contributed by atoms with van der Waals surface area (Å²) < 4.78 is 1.92. The van der Waals surface area contributed by atoms with Crippen molar-refractivity contribution >= 4 is 11.6 Å². The highest BCUT2D eigenvalue weighted by molar-refractivity contribution is 6.18. The van der Waals surface area contributed by atoms with E-state index in [1.54, 1.807) is 0 Å². The molecule has 0 aromatic carbocycles. The van der Waals surface area contributed by atoms with E-state index in [0.29, 0.717) is 17.8 Å². The van der Waals surface area contributed by atoms with Gasteiger partial charge in [0.15, 0.2) is 0 Å². The largest absolute Gasteiger partial charge is 0.312 e. The maximum absolute atomic E-state index is 5.92. The Labute approximate surface area is 103 Å². The summed E-state index contributed by atoms with van der Waals surface area (Å²) in [5.41, 5.74) is 1.25. The monoisotopic (exact) mass is 243 g/mol. The standard InChI is InChI=1S/C12H22ClN3/c1-10(2)8-11(9-13)14-6-4-12-5-7-15-16(12)3/h5,7,10-11,14H,4,6,8-9H2,1-3H3. The van der Waals surface area contributed by atoms with Gasteiger partial charge in [0.05, 0.1) is 0 Å². The van der Waals surface area contributed by atoms with Crippen LogP contribution in [0.15, 0.2) is 12.3 Å². The van der Waals surface area contributed by atoms with Crippen molar-refractivity contribution in [1.82, 2.24) is 15.1 Å². The number of hydrogen-bond donors (Lipinski definition) is 1. The van der Waals surface area contributed by atoms with E-state index < -0.39 is 0 Å². The SMILES string of the molecule is CC(C)CC(CCl)NCCc1ccnn1C. The number of halogens is 1. The molecule has 0 amide bonds. The van der Waals surface area contributed by atoms with Gasteiger partial charge < -0.3 is 5.32 Å². The van der Waals surface area contributed by atoms with E-state index in [0.717, 1.165) is 19.4 Å². The minimum atomic E-state index is 0.426. The molecule has 0 saturated heterocycles. The molecule has 16 heavy (non-hydrogen) atoms. The molecule has 92 valence electrons. The first-order valence-corrected chi connectivity index (χ1v) is 6.43. The van der Waals surface area contributed by atoms with E-state index in [9.17, 15) is 0 Å². The zero-order valence-corrected chi connectivity index (χ0v) is 11.2. The molecule has 0 aliphatic carbocycles. The molecule has 1 aromatic heterocycles. The second kappa shape index (κ2) is 6.92. The Balaban J connectivity index is 2.26. The van der Waals surface area contributed by atoms with Crippen molar-refractivity contribution in [1.29, 1.82) is 0 Å². The summed E-state index contributed by atoms with van der Waals surface area (Å²) in [5, 5.41) is 7.64. The highest BCUT2D eigenvalue weighted by Crippen LogP contribution is 2.06. The van der Waals surface area contributed by atoms with Crippen LogP contribution >= 0.6 is 11.6 Å². The highest BCUT2D eigenvalue weighted by Gasteiger charge is 2.08. The molecule has 1 atom stereocenters. The van der Waals surface area contributed by atoms with Gasteiger partial charge in [-0.1, -0.05) is 13.8 Å². The van der Waals surface area contributed by atoms with Crippen LogP contribution in [0.25, 0.3) is 0 Å². The third-order valence-corrected chi connectivity index (χ3v) is 3.05. The Morgan fingerprint density at radius 2 is 2.25 bits per heavy atom. The summed E-state index contributed by atoms with van der Waals surface area (Å²) in [6, 6.07) is 2.48. The van der Waals surface area contributed by atoms with Crippen molar-refractivity contribution in [3.05, 3.63) is 18.0 Å². The van der Waals surface area contributed by atoms with Crippen molar-refractivity contribution in [2.45, 2.75) is 32.7 Å². The Bertz CT molecular complexity index is 296. The van der Waals surface area contributed by atoms with Gasteiger partial charge >= 0.3 is 0 Å². The van der Waals surface area contributed by atoms with Gasteiger partial charge in [-0.3, -0.25) is 4.68 Å². The minimum Gasteiger partial charge on any atom is -0.312 e. The number of rotatable bonds is 7. The van der Waals surface area contributed by atoms with Crippen LogP contribution in [0.2, 0.25) is 0 Å². The molecule has 0 fully saturated rings. The topological polar surface area (TPSA) is 29.9 Å². The summed E-state index contributed by atoms with van der Waals surface area (Å²) in [7, 11) is 1.97. The quantitative estimate of drug-likeness (QED) is 0.745. The molecule has 0 aliphatic heterocycles. The maximum atomic E-state index is 5.92. The van der Waals surface area contributed by atoms with Gasteiger partial charge in [0, 0.05) is 43.8 Å². The molecule has 1 N–H and O–H groups in total. The van der Waals surface area contributed by atoms with Crippen LogP contribution in [-0.2, 0) is 13.5 Å². The number of hydrogen-bond acceptors (Lipinski definition) is 2. The second-order valence-electron chi connectivity index (χ2n) is 4.63. The highest BCUT2D eigenvalue weighted by atomic mass is 35.5. The van der Waals surface area contributed by atoms with Crippen LogP contribution in [0, 0.1) is 5.92 Å². The molecule has 0 spiro atoms. The van der Waals surface area contributed by atoms with Crippen LogP contribution in [0.4, 0.5) is 0 Å². The molecular weight excluding hydrogens is 222 g/mol. The first kappa shape index (κ1) is 13.5. The van der Waals surface area contributed by atoms with Gasteiger partial charge in [0.1, 0.15) is 0 Å². The molecule has 0 radical (unpaired) electrons. The fraction of sp³-hybridized carbons (Fsp3) is 0.750. The molecule has 0 saturated carbocycles. The lowest BCUT2D eigenvalue weighted by molar-refractivity contribution is 0.446. The Morgan fingerprint density at radius 1 is 1.50 bits per heavy atom. The van der Waals surface area contributed by atoms with Crippen molar-refractivity contribution in [3.63, 3.8) is 0 Å². The molecule has 4 heteroatoms. The van der Waals surface area contributed by atoms with E-state index in [4.69, 9.17) is 11.6 Å². The lowest BCUT2D eigenvalue weighted by atomic mass is 10.1. The zero-order chi connectivity index (χ0) is 12.0. The third-order valence-electron chi connectivity index (χ3n) is 2.68. The first-order valence-electron chi connectivity index (χ1n) is 5.89. The first-order chi connectivity index (χ1) is 7.63. The average Bonchev–Trinajstić information content (AvgIpc) is 2.62. The molecule has 3 nitrogen and oxygen atoms in total. The molecule has 1 rings (SSSR count). The Morgan fingerprint density at radius 3 is 2.75 bits per heavy atom. The van der Waals surface area contributed by atoms with Crippen molar-refractivity contribution in [2.75, 3.05) is 12.4 Å². The molecular formula is C12H22ClN3. The fourth-order valence-corrected chi connectivity index (χ4v) is 2.06. The van der Waals surface area contributed by atoms with Gasteiger partial charge in [-0.05, 0) is 18.4 Å². The summed E-state index contributed by atoms with van der Waals surface area (Å²) in [5.74, 6) is 1.37. The lowest BCUT2D eigenvalue weighted by Crippen LogP contribution is -2.33. The predicted octanol–water partition coefficient (Wildman–Crippen LogP) is 2.21. The van der Waals surface area contributed by atoms with Crippen LogP contribution in [0.3, 0.4) is 0 Å². The number of nitrogens with one attached hydrogen (secondary N) is 1. The Kier molecular flexibility index (Phi) is 5.85. The summed E-state index contributed by atoms with van der Waals surface area (Å²) in [4.78, 5) is 0. The summed E-state index contributed by atoms with van der Waals surface area (Å²) >= 11 is 5.92. The zero-order valence-electron chi connectivity index (χ0n) is 10.4. The minimum absolute atomic E-state index is 0.426. The van der Waals surface area contributed by atoms with Crippen LogP contribution in [-0.4, -0.2) is 28.2 Å². The maximum Gasteiger partial charge on any atom is 0.0492 e. The number of alkyl halides is 1. The van der Waals surface area contributed by atoms with Gasteiger partial charge in [0.25, 0.3) is 0 Å². The molecule has 1 heterocycles. The predicted molar refractivity (Wildman–Crippen MR) is 68.9 cm³/mol. The van der Waals surface area contributed by atoms with Gasteiger partial charge in [-0.2, -0.15) is 5.10 Å². The van der Waals surface area contributed by atoms with E-state index in [1.807, 2.05) is 17.9 Å². The molecule has 1 unspecified atom stereocenters. The van der Waals surface area contributed by atoms with Crippen LogP contribution < -0.4 is 5.32 Å². The van der Waals surface area contributed by atoms with Crippen molar-refractivity contribution < 1.29 is 0 Å². The number of nitrogens with zero attached hydrogens (tertiary/aromatic N) is 2. The van der Waals surface area contributed by atoms with Gasteiger partial charge in [0.2, 0.25) is 0 Å². The normalized spacial score (nSPS) is 13.3. The molecule has 1 aromatic rings. The van der Waals surface area contributed by atoms with Gasteiger partial charge in [-0.15, -0.1) is 11.6 Å². The number of aromatic nitrogens is 2. The second-order valence-corrected chi connectivity index (χ2v) is 4.94. The Hall–Kier alpha value is -0.540. The van der Waals surface area contributed by atoms with Crippen molar-refractivity contribution in [3.8, 4) is 0 Å². The van der Waals surface area contributed by atoms with Gasteiger partial charge in [-0.25, -0.2) is 0 Å².